The Bertz CT molecular complexity index is 1170. The number of halogens is 6. The molecule has 2 saturated heterocycles. The van der Waals surface area contributed by atoms with Gasteiger partial charge in [0.05, 0.1) is 32.0 Å². The van der Waals surface area contributed by atoms with Crippen molar-refractivity contribution in [1.82, 2.24) is 14.7 Å². The normalized spacial score (nSPS) is 20.0. The number of alkyl halides is 3. The lowest BCUT2D eigenvalue weighted by molar-refractivity contribution is -0.137. The molecule has 0 aliphatic carbocycles. The van der Waals surface area contributed by atoms with Gasteiger partial charge in [-0.1, -0.05) is 6.07 Å². The fourth-order valence-electron chi connectivity index (χ4n) is 5.46. The Morgan fingerprint density at radius 3 is 2.38 bits per heavy atom. The van der Waals surface area contributed by atoms with Crippen molar-refractivity contribution in [2.45, 2.75) is 31.7 Å². The van der Waals surface area contributed by atoms with Crippen LogP contribution in [0.1, 0.15) is 27.0 Å². The first-order valence-corrected chi connectivity index (χ1v) is 13.4. The Labute approximate surface area is 256 Å². The van der Waals surface area contributed by atoms with E-state index >= 15 is 0 Å². The molecule has 0 unspecified atom stereocenters. The minimum absolute atomic E-state index is 0. The van der Waals surface area contributed by atoms with Crippen LogP contribution in [-0.4, -0.2) is 106 Å². The molecule has 42 heavy (non-hydrogen) atoms. The molecule has 0 spiro atoms. The first-order chi connectivity index (χ1) is 19.1. The van der Waals surface area contributed by atoms with E-state index in [0.717, 1.165) is 43.9 Å². The molecule has 236 valence electrons. The summed E-state index contributed by atoms with van der Waals surface area (Å²) in [6, 6.07) is 7.72. The predicted molar refractivity (Wildman–Crippen MR) is 157 cm³/mol. The second-order valence-electron chi connectivity index (χ2n) is 10.5. The van der Waals surface area contributed by atoms with Crippen molar-refractivity contribution in [2.75, 3.05) is 73.2 Å². The van der Waals surface area contributed by atoms with Gasteiger partial charge in [-0.2, -0.15) is 13.2 Å². The van der Waals surface area contributed by atoms with Crippen LogP contribution in [0, 0.1) is 12.7 Å². The Morgan fingerprint density at radius 1 is 1.00 bits per heavy atom. The lowest BCUT2D eigenvalue weighted by Gasteiger charge is -2.43. The second kappa shape index (κ2) is 16.1. The molecule has 2 aromatic rings. The summed E-state index contributed by atoms with van der Waals surface area (Å²) >= 11 is 0. The highest BCUT2D eigenvalue weighted by atomic mass is 35.5. The van der Waals surface area contributed by atoms with Crippen LogP contribution in [0.15, 0.2) is 36.4 Å². The van der Waals surface area contributed by atoms with Gasteiger partial charge >= 0.3 is 6.18 Å². The third-order valence-electron chi connectivity index (χ3n) is 7.47. The van der Waals surface area contributed by atoms with Crippen molar-refractivity contribution in [3.63, 3.8) is 0 Å². The number of piperazine rings is 1. The molecule has 0 radical (unpaired) electrons. The molecular formula is C29H39Cl2F4N3O4. The Kier molecular flexibility index (Phi) is 13.8. The molecule has 4 rings (SSSR count). The number of hydrogen-bond acceptors (Lipinski definition) is 6. The predicted octanol–water partition coefficient (Wildman–Crippen LogP) is 4.72. The summed E-state index contributed by atoms with van der Waals surface area (Å²) in [5.74, 6) is -0.820. The Hall–Kier alpha value is -2.15. The van der Waals surface area contributed by atoms with Gasteiger partial charge < -0.3 is 19.1 Å². The van der Waals surface area contributed by atoms with Crippen LogP contribution < -0.4 is 4.74 Å². The van der Waals surface area contributed by atoms with Gasteiger partial charge in [-0.25, -0.2) is 4.39 Å². The maximum absolute atomic E-state index is 14.1. The minimum Gasteiger partial charge on any atom is -0.494 e. The van der Waals surface area contributed by atoms with Crippen LogP contribution in [-0.2, 0) is 22.1 Å². The molecular weight excluding hydrogens is 601 g/mol. The summed E-state index contributed by atoms with van der Waals surface area (Å²) in [6.45, 7) is 7.42. The van der Waals surface area contributed by atoms with Gasteiger partial charge in [0.15, 0.2) is 11.6 Å². The van der Waals surface area contributed by atoms with Crippen molar-refractivity contribution in [3.05, 3.63) is 64.5 Å². The number of hydrogen-bond donors (Lipinski definition) is 0. The fourth-order valence-corrected chi connectivity index (χ4v) is 5.46. The summed E-state index contributed by atoms with van der Waals surface area (Å²) < 4.78 is 70.6. The Balaban J connectivity index is 0.00000308. The van der Waals surface area contributed by atoms with Gasteiger partial charge in [-0.05, 0) is 54.8 Å². The molecule has 2 fully saturated rings. The van der Waals surface area contributed by atoms with E-state index in [1.165, 1.54) is 19.2 Å². The number of rotatable bonds is 9. The molecule has 0 N–H and O–H groups in total. The number of nitrogens with zero attached hydrogens (tertiary/aromatic N) is 3. The van der Waals surface area contributed by atoms with E-state index < -0.39 is 23.5 Å². The highest BCUT2D eigenvalue weighted by molar-refractivity contribution is 5.95. The zero-order chi connectivity index (χ0) is 28.9. The van der Waals surface area contributed by atoms with Gasteiger partial charge in [0, 0.05) is 64.5 Å². The van der Waals surface area contributed by atoms with E-state index in [1.807, 2.05) is 0 Å². The molecule has 1 amide bonds. The van der Waals surface area contributed by atoms with Crippen LogP contribution in [0.2, 0.25) is 0 Å². The van der Waals surface area contributed by atoms with Crippen LogP contribution in [0.3, 0.4) is 0 Å². The van der Waals surface area contributed by atoms with Gasteiger partial charge in [0.1, 0.15) is 0 Å². The summed E-state index contributed by atoms with van der Waals surface area (Å²) in [6.07, 6.45) is -4.11. The number of ether oxygens (including phenoxy) is 3. The molecule has 13 heteroatoms. The number of methoxy groups -OCH3 is 2. The Morgan fingerprint density at radius 2 is 1.71 bits per heavy atom. The number of benzene rings is 2. The maximum atomic E-state index is 14.1. The maximum Gasteiger partial charge on any atom is 0.416 e. The van der Waals surface area contributed by atoms with E-state index in [-0.39, 0.29) is 48.3 Å². The van der Waals surface area contributed by atoms with Crippen molar-refractivity contribution in [3.8, 4) is 5.75 Å². The zero-order valence-electron chi connectivity index (χ0n) is 24.0. The molecule has 2 heterocycles. The first kappa shape index (κ1) is 36.0. The van der Waals surface area contributed by atoms with Gasteiger partial charge in [-0.15, -0.1) is 24.8 Å². The van der Waals surface area contributed by atoms with E-state index in [9.17, 15) is 22.4 Å². The molecule has 7 nitrogen and oxygen atoms in total. The number of morpholine rings is 1. The third-order valence-corrected chi connectivity index (χ3v) is 7.47. The largest absolute Gasteiger partial charge is 0.494 e. The van der Waals surface area contributed by atoms with Gasteiger partial charge in [0.2, 0.25) is 0 Å². The average molecular weight is 641 g/mol. The van der Waals surface area contributed by atoms with E-state index in [0.29, 0.717) is 44.8 Å². The lowest BCUT2D eigenvalue weighted by Crippen LogP contribution is -2.57. The third kappa shape index (κ3) is 9.42. The summed E-state index contributed by atoms with van der Waals surface area (Å²) in [4.78, 5) is 19.9. The highest BCUT2D eigenvalue weighted by Crippen LogP contribution is 2.31. The molecule has 0 saturated carbocycles. The monoisotopic (exact) mass is 639 g/mol. The van der Waals surface area contributed by atoms with Crippen molar-refractivity contribution >= 4 is 30.7 Å². The fraction of sp³-hybridized carbons (Fsp3) is 0.552. The van der Waals surface area contributed by atoms with Gasteiger partial charge in [-0.3, -0.25) is 14.6 Å². The zero-order valence-corrected chi connectivity index (χ0v) is 25.6. The van der Waals surface area contributed by atoms with Crippen LogP contribution in [0.5, 0.6) is 5.75 Å². The summed E-state index contributed by atoms with van der Waals surface area (Å²) in [5, 5.41) is 0. The first-order valence-electron chi connectivity index (χ1n) is 13.4. The number of carbonyl (C=O) groups excluding carboxylic acids is 1. The average Bonchev–Trinajstić information content (AvgIpc) is 2.92. The van der Waals surface area contributed by atoms with Crippen LogP contribution >= 0.6 is 24.8 Å². The summed E-state index contributed by atoms with van der Waals surface area (Å²) in [5.41, 5.74) is 0.319. The number of aryl methyl sites for hydroxylation is 1. The smallest absolute Gasteiger partial charge is 0.416 e. The molecule has 0 bridgehead atoms. The van der Waals surface area contributed by atoms with Crippen LogP contribution in [0.25, 0.3) is 0 Å². The summed E-state index contributed by atoms with van der Waals surface area (Å²) in [7, 11) is 3.04. The number of carbonyl (C=O) groups is 1. The molecule has 2 aliphatic heterocycles. The SMILES string of the molecule is COC[C@@H]1CN(CCN2CCN(C(=O)c3cc(C)cc(C(F)(F)F)c3)[C@H](Cc3ccc(F)c(OC)c3)C2)CCO1.Cl.Cl. The van der Waals surface area contributed by atoms with E-state index in [2.05, 4.69) is 9.80 Å². The molecule has 0 aromatic heterocycles. The van der Waals surface area contributed by atoms with Crippen molar-refractivity contribution < 1.29 is 36.6 Å². The highest BCUT2D eigenvalue weighted by Gasteiger charge is 2.35. The molecule has 2 aliphatic rings. The van der Waals surface area contributed by atoms with Crippen LogP contribution in [0.4, 0.5) is 17.6 Å². The molecule has 2 atom stereocenters. The van der Waals surface area contributed by atoms with E-state index in [1.54, 1.807) is 31.1 Å². The van der Waals surface area contributed by atoms with E-state index in [4.69, 9.17) is 14.2 Å². The van der Waals surface area contributed by atoms with Gasteiger partial charge in [0.25, 0.3) is 5.91 Å². The standard InChI is InChI=1S/C29H37F4N3O4.2ClH/c1-20-12-22(16-23(13-20)29(31,32)33)28(37)36-9-8-34(6-7-35-10-11-40-25(18-35)19-38-2)17-24(36)14-21-4-5-26(30)27(15-21)39-3;;/h4-5,12-13,15-16,24-25H,6-11,14,17-19H2,1-3H3;2*1H/t24-,25+;;/m1../s1. The molecule has 2 aromatic carbocycles. The lowest BCUT2D eigenvalue weighted by atomic mass is 9.99. The topological polar surface area (TPSA) is 54.5 Å². The van der Waals surface area contributed by atoms with Crippen molar-refractivity contribution in [2.24, 2.45) is 0 Å². The van der Waals surface area contributed by atoms with Crippen molar-refractivity contribution in [1.29, 1.82) is 0 Å². The number of amides is 1. The second-order valence-corrected chi connectivity index (χ2v) is 10.5. The quantitative estimate of drug-likeness (QED) is 0.370. The minimum atomic E-state index is -4.55.